The van der Waals surface area contributed by atoms with Crippen molar-refractivity contribution in [2.75, 3.05) is 38.8 Å². The van der Waals surface area contributed by atoms with Crippen molar-refractivity contribution in [2.24, 2.45) is 0 Å². The van der Waals surface area contributed by atoms with Gasteiger partial charge in [0.25, 0.3) is 0 Å². The fourth-order valence-electron chi connectivity index (χ4n) is 1.67. The van der Waals surface area contributed by atoms with E-state index in [4.69, 9.17) is 16.3 Å². The van der Waals surface area contributed by atoms with E-state index in [9.17, 15) is 13.2 Å². The third-order valence-electron chi connectivity index (χ3n) is 2.69. The Morgan fingerprint density at radius 3 is 2.60 bits per heavy atom. The van der Waals surface area contributed by atoms with Gasteiger partial charge in [0.1, 0.15) is 6.54 Å². The Hall–Kier alpha value is -0.980. The minimum atomic E-state index is -4.23. The van der Waals surface area contributed by atoms with E-state index in [1.54, 1.807) is 25.3 Å². The van der Waals surface area contributed by atoms with Gasteiger partial charge in [-0.2, -0.15) is 13.2 Å². The molecule has 0 fully saturated rings. The molecule has 1 N–H and O–H groups in total. The number of alkyl halides is 3. The maximum Gasteiger partial charge on any atom is 0.405 e. The first-order valence-electron chi connectivity index (χ1n) is 6.09. The maximum atomic E-state index is 12.3. The van der Waals surface area contributed by atoms with Crippen LogP contribution in [0.25, 0.3) is 0 Å². The number of hydrogen-bond donors (Lipinski definition) is 1. The summed E-state index contributed by atoms with van der Waals surface area (Å²) in [6, 6.07) is 4.90. The Labute approximate surface area is 121 Å². The third kappa shape index (κ3) is 5.98. The normalized spacial score (nSPS) is 11.7. The number of methoxy groups -OCH3 is 1. The maximum absolute atomic E-state index is 12.3. The molecule has 0 unspecified atom stereocenters. The lowest BCUT2D eigenvalue weighted by molar-refractivity contribution is -0.119. The summed E-state index contributed by atoms with van der Waals surface area (Å²) in [6.07, 6.45) is -4.23. The van der Waals surface area contributed by atoms with Gasteiger partial charge in [-0.15, -0.1) is 0 Å². The predicted octanol–water partition coefficient (Wildman–Crippen LogP) is 3.07. The van der Waals surface area contributed by atoms with Gasteiger partial charge in [0, 0.05) is 38.0 Å². The molecule has 114 valence electrons. The van der Waals surface area contributed by atoms with Crippen molar-refractivity contribution in [3.63, 3.8) is 0 Å². The summed E-state index contributed by atoms with van der Waals surface area (Å²) in [6.45, 7) is 0.812. The Bertz CT molecular complexity index is 427. The largest absolute Gasteiger partial charge is 0.405 e. The Morgan fingerprint density at radius 2 is 2.05 bits per heavy atom. The van der Waals surface area contributed by atoms with Crippen LogP contribution < -0.4 is 10.2 Å². The fraction of sp³-hybridized carbons (Fsp3) is 0.538. The highest BCUT2D eigenvalue weighted by Crippen LogP contribution is 2.25. The van der Waals surface area contributed by atoms with E-state index in [-0.39, 0.29) is 0 Å². The number of benzene rings is 1. The number of halogens is 4. The van der Waals surface area contributed by atoms with Crippen molar-refractivity contribution in [1.82, 2.24) is 5.32 Å². The minimum Gasteiger partial charge on any atom is -0.383 e. The van der Waals surface area contributed by atoms with Crippen LogP contribution in [0.15, 0.2) is 18.2 Å². The molecule has 0 bridgehead atoms. The molecule has 0 atom stereocenters. The molecule has 1 aromatic rings. The molecular weight excluding hydrogens is 293 g/mol. The minimum absolute atomic E-state index is 0.438. The van der Waals surface area contributed by atoms with Crippen molar-refractivity contribution < 1.29 is 17.9 Å². The van der Waals surface area contributed by atoms with Crippen LogP contribution in [0.2, 0.25) is 5.02 Å². The van der Waals surface area contributed by atoms with Gasteiger partial charge in [0.05, 0.1) is 6.61 Å². The van der Waals surface area contributed by atoms with Crippen LogP contribution in [-0.4, -0.2) is 40.0 Å². The summed E-state index contributed by atoms with van der Waals surface area (Å²) in [5.41, 5.74) is 1.28. The molecule has 0 spiro atoms. The van der Waals surface area contributed by atoms with Crippen LogP contribution >= 0.6 is 11.6 Å². The summed E-state index contributed by atoms with van der Waals surface area (Å²) in [5, 5.41) is 3.57. The molecule has 1 rings (SSSR count). The zero-order valence-corrected chi connectivity index (χ0v) is 12.2. The lowest BCUT2D eigenvalue weighted by Gasteiger charge is -2.21. The zero-order valence-electron chi connectivity index (χ0n) is 11.4. The predicted molar refractivity (Wildman–Crippen MR) is 74.4 cm³/mol. The van der Waals surface area contributed by atoms with Crippen molar-refractivity contribution in [1.29, 1.82) is 0 Å². The molecular formula is C13H18ClF3N2O. The second-order valence-corrected chi connectivity index (χ2v) is 4.82. The van der Waals surface area contributed by atoms with Crippen molar-refractivity contribution in [2.45, 2.75) is 12.7 Å². The average Bonchev–Trinajstić information content (AvgIpc) is 2.34. The second-order valence-electron chi connectivity index (χ2n) is 4.42. The molecule has 0 aliphatic rings. The first kappa shape index (κ1) is 17.1. The number of ether oxygens (including phenoxy) is 1. The summed E-state index contributed by atoms with van der Waals surface area (Å²) in [4.78, 5) is 1.12. The number of rotatable bonds is 7. The first-order chi connectivity index (χ1) is 9.33. The highest BCUT2D eigenvalue weighted by Gasteiger charge is 2.29. The molecule has 0 saturated heterocycles. The molecule has 0 aromatic heterocycles. The molecule has 0 amide bonds. The molecule has 20 heavy (non-hydrogen) atoms. The zero-order chi connectivity index (χ0) is 15.2. The van der Waals surface area contributed by atoms with Crippen LogP contribution in [0.5, 0.6) is 0 Å². The van der Waals surface area contributed by atoms with Gasteiger partial charge in [0.15, 0.2) is 0 Å². The van der Waals surface area contributed by atoms with Crippen LogP contribution in [0.3, 0.4) is 0 Å². The summed E-state index contributed by atoms with van der Waals surface area (Å²) >= 11 is 6.08. The van der Waals surface area contributed by atoms with Gasteiger partial charge in [-0.05, 0) is 17.7 Å². The average molecular weight is 311 g/mol. The van der Waals surface area contributed by atoms with Gasteiger partial charge < -0.3 is 15.0 Å². The van der Waals surface area contributed by atoms with E-state index in [0.29, 0.717) is 30.4 Å². The van der Waals surface area contributed by atoms with Crippen molar-refractivity contribution in [3.05, 3.63) is 28.8 Å². The van der Waals surface area contributed by atoms with Crippen LogP contribution in [-0.2, 0) is 11.3 Å². The van der Waals surface area contributed by atoms with Crippen LogP contribution in [0.4, 0.5) is 18.9 Å². The molecule has 0 saturated carbocycles. The SMILES string of the molecule is COCCNCc1ccc(N(C)CC(F)(F)F)cc1Cl. The first-order valence-corrected chi connectivity index (χ1v) is 6.47. The monoisotopic (exact) mass is 310 g/mol. The molecule has 0 radical (unpaired) electrons. The topological polar surface area (TPSA) is 24.5 Å². The van der Waals surface area contributed by atoms with Crippen molar-refractivity contribution >= 4 is 17.3 Å². The van der Waals surface area contributed by atoms with E-state index in [2.05, 4.69) is 5.32 Å². The summed E-state index contributed by atoms with van der Waals surface area (Å²) < 4.78 is 41.8. The second kappa shape index (κ2) is 7.71. The molecule has 0 heterocycles. The number of anilines is 1. The van der Waals surface area contributed by atoms with Crippen LogP contribution in [0.1, 0.15) is 5.56 Å². The van der Waals surface area contributed by atoms with E-state index in [1.807, 2.05) is 0 Å². The molecule has 7 heteroatoms. The quantitative estimate of drug-likeness (QED) is 0.783. The number of hydrogen-bond acceptors (Lipinski definition) is 3. The lowest BCUT2D eigenvalue weighted by atomic mass is 10.2. The number of nitrogens with one attached hydrogen (secondary N) is 1. The summed E-state index contributed by atoms with van der Waals surface area (Å²) in [7, 11) is 3.00. The van der Waals surface area contributed by atoms with E-state index in [0.717, 1.165) is 10.5 Å². The van der Waals surface area contributed by atoms with Crippen molar-refractivity contribution in [3.8, 4) is 0 Å². The standard InChI is InChI=1S/C13H18ClF3N2O/c1-19(9-13(15,16)17)11-4-3-10(12(14)7-11)8-18-5-6-20-2/h3-4,7,18H,5-6,8-9H2,1-2H3. The van der Waals surface area contributed by atoms with Gasteiger partial charge in [0.2, 0.25) is 0 Å². The highest BCUT2D eigenvalue weighted by molar-refractivity contribution is 6.31. The molecule has 1 aromatic carbocycles. The fourth-order valence-corrected chi connectivity index (χ4v) is 1.92. The Morgan fingerprint density at radius 1 is 1.35 bits per heavy atom. The van der Waals surface area contributed by atoms with Gasteiger partial charge in [-0.1, -0.05) is 17.7 Å². The number of nitrogens with zero attached hydrogens (tertiary/aromatic N) is 1. The van der Waals surface area contributed by atoms with Crippen LogP contribution in [0, 0.1) is 0 Å². The van der Waals surface area contributed by atoms with Gasteiger partial charge in [-0.3, -0.25) is 0 Å². The van der Waals surface area contributed by atoms with Gasteiger partial charge in [-0.25, -0.2) is 0 Å². The molecule has 3 nitrogen and oxygen atoms in total. The molecule has 0 aliphatic carbocycles. The summed E-state index contributed by atoms with van der Waals surface area (Å²) in [5.74, 6) is 0. The smallest absolute Gasteiger partial charge is 0.383 e. The lowest BCUT2D eigenvalue weighted by Crippen LogP contribution is -2.30. The highest BCUT2D eigenvalue weighted by atomic mass is 35.5. The molecule has 0 aliphatic heterocycles. The third-order valence-corrected chi connectivity index (χ3v) is 3.04. The van der Waals surface area contributed by atoms with Gasteiger partial charge >= 0.3 is 6.18 Å². The Kier molecular flexibility index (Phi) is 6.58. The Balaban J connectivity index is 2.63. The van der Waals surface area contributed by atoms with E-state index in [1.165, 1.54) is 7.05 Å². The van der Waals surface area contributed by atoms with E-state index >= 15 is 0 Å². The van der Waals surface area contributed by atoms with E-state index < -0.39 is 12.7 Å².